The maximum Gasteiger partial charge on any atom is 0.335 e. The minimum atomic E-state index is -1.33. The molecule has 0 N–H and O–H groups in total. The zero-order chi connectivity index (χ0) is 24.0. The maximum atomic E-state index is 12.9. The van der Waals surface area contributed by atoms with E-state index in [9.17, 15) is 14.9 Å². The lowest BCUT2D eigenvalue weighted by Crippen LogP contribution is -2.63. The van der Waals surface area contributed by atoms with E-state index in [2.05, 4.69) is 0 Å². The number of nitro groups is 1. The van der Waals surface area contributed by atoms with Crippen LogP contribution in [0.15, 0.2) is 24.3 Å². The first kappa shape index (κ1) is 24.0. The predicted octanol–water partition coefficient (Wildman–Crippen LogP) is 2.44. The van der Waals surface area contributed by atoms with Crippen molar-refractivity contribution in [1.82, 2.24) is 0 Å². The fraction of sp³-hybridized carbons (Fsp3) is 0.682. The van der Waals surface area contributed by atoms with E-state index in [4.69, 9.17) is 33.2 Å². The van der Waals surface area contributed by atoms with Gasteiger partial charge in [-0.05, 0) is 52.3 Å². The van der Waals surface area contributed by atoms with Gasteiger partial charge in [-0.2, -0.15) is 0 Å². The Kier molecular flexibility index (Phi) is 6.23. The van der Waals surface area contributed by atoms with Gasteiger partial charge in [0.1, 0.15) is 18.8 Å². The third-order valence-corrected chi connectivity index (χ3v) is 5.71. The molecule has 5 atom stereocenters. The van der Waals surface area contributed by atoms with Crippen molar-refractivity contribution in [2.75, 3.05) is 13.2 Å². The Morgan fingerprint density at radius 3 is 2.45 bits per heavy atom. The highest BCUT2D eigenvalue weighted by Gasteiger charge is 2.64. The van der Waals surface area contributed by atoms with Gasteiger partial charge in [-0.3, -0.25) is 10.1 Å². The number of ether oxygens (including phenoxy) is 7. The molecule has 0 aromatic heterocycles. The number of nitro benzene ring substituents is 1. The Morgan fingerprint density at radius 1 is 1.15 bits per heavy atom. The van der Waals surface area contributed by atoms with Crippen LogP contribution in [0.25, 0.3) is 0 Å². The third-order valence-electron chi connectivity index (χ3n) is 5.71. The molecular weight excluding hydrogens is 438 g/mol. The van der Waals surface area contributed by atoms with Crippen LogP contribution in [-0.2, 0) is 44.6 Å². The minimum absolute atomic E-state index is 0.0215. The van der Waals surface area contributed by atoms with Gasteiger partial charge in [0.05, 0.1) is 18.1 Å². The van der Waals surface area contributed by atoms with Gasteiger partial charge in [0, 0.05) is 12.1 Å². The molecule has 3 fully saturated rings. The SMILES string of the molecule is CC(OCc1ccc([N+](=O)[O-])cc1)C(=O)OC1[C@@H]2OC(C)(C)O[C@@H]2CO[C@]12COC(C)(C)O2. The molecule has 33 heavy (non-hydrogen) atoms. The van der Waals surface area contributed by atoms with Gasteiger partial charge in [0.15, 0.2) is 23.8 Å². The number of nitrogens with zero attached hydrogens (tertiary/aromatic N) is 1. The molecule has 4 rings (SSSR count). The summed E-state index contributed by atoms with van der Waals surface area (Å²) < 4.78 is 41.2. The van der Waals surface area contributed by atoms with Crippen molar-refractivity contribution in [2.45, 2.75) is 83.0 Å². The van der Waals surface area contributed by atoms with Gasteiger partial charge in [-0.15, -0.1) is 0 Å². The molecule has 3 saturated heterocycles. The van der Waals surface area contributed by atoms with Crippen LogP contribution in [0.2, 0.25) is 0 Å². The maximum absolute atomic E-state index is 12.9. The molecule has 11 heteroatoms. The summed E-state index contributed by atoms with van der Waals surface area (Å²) in [6.07, 6.45) is -2.93. The van der Waals surface area contributed by atoms with Crippen molar-refractivity contribution in [3.63, 3.8) is 0 Å². The number of non-ortho nitro benzene ring substituents is 1. The largest absolute Gasteiger partial charge is 0.452 e. The third kappa shape index (κ3) is 5.03. The molecule has 0 radical (unpaired) electrons. The van der Waals surface area contributed by atoms with Crippen molar-refractivity contribution < 1.29 is 42.9 Å². The highest BCUT2D eigenvalue weighted by atomic mass is 16.9. The van der Waals surface area contributed by atoms with Crippen molar-refractivity contribution in [1.29, 1.82) is 0 Å². The highest BCUT2D eigenvalue weighted by molar-refractivity contribution is 5.74. The molecule has 2 unspecified atom stereocenters. The number of hydrogen-bond donors (Lipinski definition) is 0. The number of carbonyl (C=O) groups excluding carboxylic acids is 1. The summed E-state index contributed by atoms with van der Waals surface area (Å²) in [7, 11) is 0. The first-order chi connectivity index (χ1) is 15.4. The van der Waals surface area contributed by atoms with E-state index in [1.807, 2.05) is 0 Å². The summed E-state index contributed by atoms with van der Waals surface area (Å²) in [5, 5.41) is 10.8. The topological polar surface area (TPSA) is 125 Å². The molecule has 1 aromatic rings. The van der Waals surface area contributed by atoms with Crippen LogP contribution < -0.4 is 0 Å². The smallest absolute Gasteiger partial charge is 0.335 e. The Labute approximate surface area is 191 Å². The molecule has 0 amide bonds. The Bertz CT molecular complexity index is 899. The lowest BCUT2D eigenvalue weighted by Gasteiger charge is -2.43. The first-order valence-corrected chi connectivity index (χ1v) is 10.8. The van der Waals surface area contributed by atoms with Crippen molar-refractivity contribution in [3.05, 3.63) is 39.9 Å². The number of hydrogen-bond acceptors (Lipinski definition) is 10. The molecule has 0 bridgehead atoms. The Balaban J connectivity index is 1.44. The molecule has 3 heterocycles. The minimum Gasteiger partial charge on any atom is -0.452 e. The van der Waals surface area contributed by atoms with E-state index in [1.165, 1.54) is 12.1 Å². The molecule has 0 saturated carbocycles. The molecule has 11 nitrogen and oxygen atoms in total. The van der Waals surface area contributed by atoms with Gasteiger partial charge < -0.3 is 33.2 Å². The van der Waals surface area contributed by atoms with E-state index in [0.29, 0.717) is 5.56 Å². The fourth-order valence-corrected chi connectivity index (χ4v) is 4.15. The molecule has 182 valence electrons. The number of carbonyl (C=O) groups is 1. The summed E-state index contributed by atoms with van der Waals surface area (Å²) in [4.78, 5) is 23.2. The lowest BCUT2D eigenvalue weighted by atomic mass is 9.97. The van der Waals surface area contributed by atoms with Crippen LogP contribution in [0, 0.1) is 10.1 Å². The summed E-state index contributed by atoms with van der Waals surface area (Å²) in [5.74, 6) is -3.76. The van der Waals surface area contributed by atoms with E-state index in [1.54, 1.807) is 46.8 Å². The van der Waals surface area contributed by atoms with Crippen molar-refractivity contribution in [3.8, 4) is 0 Å². The Hall–Kier alpha value is -2.15. The molecule has 3 aliphatic heterocycles. The second-order valence-corrected chi connectivity index (χ2v) is 9.29. The van der Waals surface area contributed by atoms with Gasteiger partial charge in [-0.25, -0.2) is 4.79 Å². The number of fused-ring (bicyclic) bond motifs is 1. The van der Waals surface area contributed by atoms with Gasteiger partial charge in [0.25, 0.3) is 5.69 Å². The van der Waals surface area contributed by atoms with Gasteiger partial charge in [0.2, 0.25) is 5.79 Å². The average molecular weight is 467 g/mol. The zero-order valence-electron chi connectivity index (χ0n) is 19.3. The number of rotatable bonds is 6. The van der Waals surface area contributed by atoms with E-state index >= 15 is 0 Å². The fourth-order valence-electron chi connectivity index (χ4n) is 4.15. The van der Waals surface area contributed by atoms with Crippen LogP contribution >= 0.6 is 0 Å². The van der Waals surface area contributed by atoms with Gasteiger partial charge >= 0.3 is 5.97 Å². The predicted molar refractivity (Wildman–Crippen MR) is 111 cm³/mol. The molecule has 1 spiro atoms. The summed E-state index contributed by atoms with van der Waals surface area (Å²) >= 11 is 0. The first-order valence-electron chi connectivity index (χ1n) is 10.8. The average Bonchev–Trinajstić information content (AvgIpc) is 3.23. The molecular formula is C22H29NO10. The van der Waals surface area contributed by atoms with Crippen LogP contribution in [0.5, 0.6) is 0 Å². The Morgan fingerprint density at radius 2 is 1.85 bits per heavy atom. The highest BCUT2D eigenvalue weighted by Crippen LogP contribution is 2.45. The van der Waals surface area contributed by atoms with Crippen LogP contribution in [0.3, 0.4) is 0 Å². The van der Waals surface area contributed by atoms with Crippen LogP contribution in [-0.4, -0.2) is 65.9 Å². The van der Waals surface area contributed by atoms with E-state index in [-0.39, 0.29) is 25.5 Å². The van der Waals surface area contributed by atoms with E-state index < -0.39 is 52.7 Å². The van der Waals surface area contributed by atoms with Gasteiger partial charge in [-0.1, -0.05) is 0 Å². The van der Waals surface area contributed by atoms with Crippen molar-refractivity contribution >= 4 is 11.7 Å². The standard InChI is InChI=1S/C22H29NO10/c1-13(27-10-14-6-8-15(9-7-14)23(25)26)19(24)30-18-17-16(31-21(4,5)32-17)11-28-22(18)12-29-20(2,3)33-22/h6-9,13,16-18H,10-12H2,1-5H3/t13?,16-,17-,18?,22+/m1/s1. The van der Waals surface area contributed by atoms with Crippen LogP contribution in [0.4, 0.5) is 5.69 Å². The second-order valence-electron chi connectivity index (χ2n) is 9.29. The summed E-state index contributed by atoms with van der Waals surface area (Å²) in [6.45, 7) is 8.96. The number of esters is 1. The van der Waals surface area contributed by atoms with Crippen LogP contribution in [0.1, 0.15) is 40.2 Å². The molecule has 3 aliphatic rings. The monoisotopic (exact) mass is 467 g/mol. The summed E-state index contributed by atoms with van der Waals surface area (Å²) in [5.41, 5.74) is 0.660. The van der Waals surface area contributed by atoms with Crippen molar-refractivity contribution in [2.24, 2.45) is 0 Å². The zero-order valence-corrected chi connectivity index (χ0v) is 19.3. The summed E-state index contributed by atoms with van der Waals surface area (Å²) in [6, 6.07) is 5.90. The number of benzene rings is 1. The normalized spacial score (nSPS) is 32.9. The van der Waals surface area contributed by atoms with E-state index in [0.717, 1.165) is 0 Å². The molecule has 1 aromatic carbocycles. The molecule has 0 aliphatic carbocycles. The quantitative estimate of drug-likeness (QED) is 0.350. The second kappa shape index (κ2) is 8.57. The lowest BCUT2D eigenvalue weighted by molar-refractivity contribution is -0.384.